The Balaban J connectivity index is 1.71. The normalized spacial score (nSPS) is 11.3. The summed E-state index contributed by atoms with van der Waals surface area (Å²) in [6, 6.07) is 7.67. The van der Waals surface area contributed by atoms with Crippen LogP contribution in [0.3, 0.4) is 0 Å². The van der Waals surface area contributed by atoms with E-state index in [1.807, 2.05) is 29.6 Å². The maximum Gasteiger partial charge on any atom is 0.235 e. The summed E-state index contributed by atoms with van der Waals surface area (Å²) in [6.07, 6.45) is 0.650. The molecule has 104 valence electrons. The van der Waals surface area contributed by atoms with Gasteiger partial charge in [-0.25, -0.2) is 0 Å². The van der Waals surface area contributed by atoms with Gasteiger partial charge in [0, 0.05) is 16.8 Å². The number of benzene rings is 1. The molecule has 3 heterocycles. The molecule has 0 bridgehead atoms. The summed E-state index contributed by atoms with van der Waals surface area (Å²) in [5, 5.41) is 20.3. The SMILES string of the molecule is Clc1ccc(Cc2nnc3sc(-c4csnn4)nn23)cc1. The zero-order valence-electron chi connectivity index (χ0n) is 10.5. The number of hydrogen-bond donors (Lipinski definition) is 0. The first-order valence-electron chi connectivity index (χ1n) is 6.02. The van der Waals surface area contributed by atoms with E-state index in [9.17, 15) is 0 Å². The average Bonchev–Trinajstić information content (AvgIpc) is 3.18. The van der Waals surface area contributed by atoms with Crippen LogP contribution in [0.15, 0.2) is 29.6 Å². The summed E-state index contributed by atoms with van der Waals surface area (Å²) in [4.78, 5) is 0.752. The van der Waals surface area contributed by atoms with E-state index < -0.39 is 0 Å². The summed E-state index contributed by atoms with van der Waals surface area (Å²) in [7, 11) is 0. The molecule has 1 aromatic carbocycles. The second kappa shape index (κ2) is 5.14. The van der Waals surface area contributed by atoms with E-state index in [2.05, 4.69) is 24.9 Å². The Morgan fingerprint density at radius 2 is 1.95 bits per heavy atom. The van der Waals surface area contributed by atoms with Gasteiger partial charge in [0.2, 0.25) is 4.96 Å². The molecular weight excluding hydrogens is 328 g/mol. The predicted molar refractivity (Wildman–Crippen MR) is 81.8 cm³/mol. The lowest BCUT2D eigenvalue weighted by Crippen LogP contribution is -1.97. The fourth-order valence-corrected chi connectivity index (χ4v) is 3.37. The molecule has 6 nitrogen and oxygen atoms in total. The summed E-state index contributed by atoms with van der Waals surface area (Å²) >= 11 is 8.65. The summed E-state index contributed by atoms with van der Waals surface area (Å²) in [5.74, 6) is 0.790. The largest absolute Gasteiger partial charge is 0.235 e. The third kappa shape index (κ3) is 2.41. The second-order valence-corrected chi connectivity index (χ2v) is 6.31. The van der Waals surface area contributed by atoms with Gasteiger partial charge in [-0.05, 0) is 29.2 Å². The highest BCUT2D eigenvalue weighted by Gasteiger charge is 2.14. The van der Waals surface area contributed by atoms with E-state index >= 15 is 0 Å². The van der Waals surface area contributed by atoms with Crippen molar-refractivity contribution in [3.63, 3.8) is 0 Å². The van der Waals surface area contributed by atoms with E-state index in [4.69, 9.17) is 11.6 Å². The van der Waals surface area contributed by atoms with Crippen LogP contribution in [0.5, 0.6) is 0 Å². The van der Waals surface area contributed by atoms with Crippen molar-refractivity contribution in [2.75, 3.05) is 0 Å². The minimum absolute atomic E-state index is 0.650. The molecule has 0 atom stereocenters. The highest BCUT2D eigenvalue weighted by atomic mass is 35.5. The third-order valence-electron chi connectivity index (χ3n) is 2.91. The highest BCUT2D eigenvalue weighted by Crippen LogP contribution is 2.24. The molecule has 0 radical (unpaired) electrons. The molecular formula is C12H7ClN6S2. The van der Waals surface area contributed by atoms with Crippen LogP contribution in [-0.4, -0.2) is 29.4 Å². The fraction of sp³-hybridized carbons (Fsp3) is 0.0833. The van der Waals surface area contributed by atoms with Gasteiger partial charge in [-0.15, -0.1) is 15.3 Å². The zero-order valence-corrected chi connectivity index (χ0v) is 12.9. The van der Waals surface area contributed by atoms with Crippen LogP contribution in [0.2, 0.25) is 5.02 Å². The number of halogens is 1. The number of hydrogen-bond acceptors (Lipinski definition) is 7. The third-order valence-corrected chi connectivity index (χ3v) is 4.59. The van der Waals surface area contributed by atoms with Crippen molar-refractivity contribution in [3.05, 3.63) is 46.1 Å². The molecule has 0 amide bonds. The van der Waals surface area contributed by atoms with Crippen molar-refractivity contribution >= 4 is 39.4 Å². The standard InChI is InChI=1S/C12H7ClN6S2/c13-8-3-1-7(2-4-8)5-10-15-16-12-19(10)17-11(21-12)9-6-20-18-14-9/h1-4,6H,5H2. The Kier molecular flexibility index (Phi) is 3.13. The highest BCUT2D eigenvalue weighted by molar-refractivity contribution is 7.20. The lowest BCUT2D eigenvalue weighted by Gasteiger charge is -1.98. The van der Waals surface area contributed by atoms with Crippen LogP contribution in [0.4, 0.5) is 0 Å². The van der Waals surface area contributed by atoms with Gasteiger partial charge in [-0.2, -0.15) is 9.61 Å². The van der Waals surface area contributed by atoms with Gasteiger partial charge in [-0.3, -0.25) is 0 Å². The lowest BCUT2D eigenvalue weighted by molar-refractivity contribution is 0.853. The molecule has 4 rings (SSSR count). The van der Waals surface area contributed by atoms with E-state index in [1.54, 1.807) is 4.52 Å². The predicted octanol–water partition coefficient (Wildman–Crippen LogP) is 2.95. The van der Waals surface area contributed by atoms with Gasteiger partial charge >= 0.3 is 0 Å². The molecule has 9 heteroatoms. The molecule has 21 heavy (non-hydrogen) atoms. The van der Waals surface area contributed by atoms with Crippen LogP contribution < -0.4 is 0 Å². The Morgan fingerprint density at radius 3 is 2.71 bits per heavy atom. The second-order valence-electron chi connectivity index (χ2n) is 4.31. The molecule has 3 aromatic heterocycles. The van der Waals surface area contributed by atoms with E-state index in [0.717, 1.165) is 32.1 Å². The Morgan fingerprint density at radius 1 is 1.10 bits per heavy atom. The van der Waals surface area contributed by atoms with Crippen molar-refractivity contribution in [1.29, 1.82) is 0 Å². The fourth-order valence-electron chi connectivity index (χ4n) is 1.91. The van der Waals surface area contributed by atoms with Crippen LogP contribution in [-0.2, 0) is 6.42 Å². The Bertz CT molecular complexity index is 880. The van der Waals surface area contributed by atoms with Crippen molar-refractivity contribution in [1.82, 2.24) is 29.4 Å². The summed E-state index contributed by atoms with van der Waals surface area (Å²) in [6.45, 7) is 0. The maximum absolute atomic E-state index is 5.89. The lowest BCUT2D eigenvalue weighted by atomic mass is 10.1. The molecule has 0 saturated heterocycles. The molecule has 0 N–H and O–H groups in total. The van der Waals surface area contributed by atoms with Crippen LogP contribution in [0, 0.1) is 0 Å². The first-order chi connectivity index (χ1) is 10.3. The molecule has 0 aliphatic rings. The topological polar surface area (TPSA) is 68.9 Å². The maximum atomic E-state index is 5.89. The number of rotatable bonds is 3. The first kappa shape index (κ1) is 12.8. The van der Waals surface area contributed by atoms with Gasteiger partial charge in [0.25, 0.3) is 0 Å². The van der Waals surface area contributed by atoms with E-state index in [-0.39, 0.29) is 0 Å². The molecule has 0 spiro atoms. The van der Waals surface area contributed by atoms with E-state index in [0.29, 0.717) is 6.42 Å². The molecule has 0 fully saturated rings. The quantitative estimate of drug-likeness (QED) is 0.576. The van der Waals surface area contributed by atoms with Crippen LogP contribution in [0.1, 0.15) is 11.4 Å². The average molecular weight is 335 g/mol. The van der Waals surface area contributed by atoms with Crippen molar-refractivity contribution in [2.45, 2.75) is 6.42 Å². The van der Waals surface area contributed by atoms with Crippen molar-refractivity contribution in [2.24, 2.45) is 0 Å². The van der Waals surface area contributed by atoms with E-state index in [1.165, 1.54) is 22.9 Å². The molecule has 0 unspecified atom stereocenters. The first-order valence-corrected chi connectivity index (χ1v) is 8.06. The van der Waals surface area contributed by atoms with Gasteiger partial charge in [-0.1, -0.05) is 39.6 Å². The Labute approximate surface area is 132 Å². The molecule has 0 aliphatic carbocycles. The number of nitrogens with zero attached hydrogens (tertiary/aromatic N) is 6. The molecule has 0 aliphatic heterocycles. The van der Waals surface area contributed by atoms with Crippen LogP contribution in [0.25, 0.3) is 15.7 Å². The van der Waals surface area contributed by atoms with Gasteiger partial charge in [0.05, 0.1) is 0 Å². The number of aromatic nitrogens is 6. The zero-order chi connectivity index (χ0) is 14.2. The molecule has 4 aromatic rings. The summed E-state index contributed by atoms with van der Waals surface area (Å²) in [5.41, 5.74) is 1.88. The minimum atomic E-state index is 0.650. The minimum Gasteiger partial charge on any atom is -0.186 e. The van der Waals surface area contributed by atoms with Crippen LogP contribution >= 0.6 is 34.5 Å². The van der Waals surface area contributed by atoms with Gasteiger partial charge in [0.1, 0.15) is 5.69 Å². The van der Waals surface area contributed by atoms with Gasteiger partial charge < -0.3 is 0 Å². The van der Waals surface area contributed by atoms with Gasteiger partial charge in [0.15, 0.2) is 10.8 Å². The van der Waals surface area contributed by atoms with Crippen molar-refractivity contribution in [3.8, 4) is 10.7 Å². The van der Waals surface area contributed by atoms with Crippen molar-refractivity contribution < 1.29 is 0 Å². The Hall–Kier alpha value is -1.90. The molecule has 0 saturated carbocycles. The smallest absolute Gasteiger partial charge is 0.186 e. The number of fused-ring (bicyclic) bond motifs is 1. The monoisotopic (exact) mass is 334 g/mol. The summed E-state index contributed by atoms with van der Waals surface area (Å²) < 4.78 is 5.61.